The summed E-state index contributed by atoms with van der Waals surface area (Å²) in [5, 5.41) is 48.5. The number of rotatable bonds is 0. The Balaban J connectivity index is 1.76. The highest BCUT2D eigenvalue weighted by Crippen LogP contribution is 2.54. The third-order valence-corrected chi connectivity index (χ3v) is 9.93. The van der Waals surface area contributed by atoms with Crippen molar-refractivity contribution in [2.24, 2.45) is 0 Å². The van der Waals surface area contributed by atoms with Gasteiger partial charge in [-0.3, -0.25) is 29.0 Å². The van der Waals surface area contributed by atoms with Gasteiger partial charge in [-0.25, -0.2) is 0 Å². The van der Waals surface area contributed by atoms with Gasteiger partial charge in [-0.2, -0.15) is 20.3 Å². The first-order valence-electron chi connectivity index (χ1n) is 14.3. The van der Waals surface area contributed by atoms with Crippen LogP contribution in [-0.2, 0) is 19.2 Å². The van der Waals surface area contributed by atoms with E-state index in [-0.39, 0.29) is 25.7 Å². The predicted molar refractivity (Wildman–Crippen MR) is 147 cm³/mol. The maximum absolute atomic E-state index is 14.2. The van der Waals surface area contributed by atoms with Crippen molar-refractivity contribution in [3.63, 3.8) is 0 Å². The van der Waals surface area contributed by atoms with Crippen molar-refractivity contribution < 1.29 is 40.0 Å². The number of carbonyl (C=O) groups is 4. The van der Waals surface area contributed by atoms with Crippen molar-refractivity contribution in [3.05, 3.63) is 0 Å². The smallest absolute Gasteiger partial charge is 0.313 e. The fraction of sp³-hybridized carbons (Fsp3) is 0.857. The summed E-state index contributed by atoms with van der Waals surface area (Å²) in [4.78, 5) is 57.9. The van der Waals surface area contributed by atoms with Crippen molar-refractivity contribution in [2.75, 3.05) is 0 Å². The number of carbonyl (C=O) groups excluding carboxylic acids is 4. The molecule has 4 aliphatic rings. The molecule has 0 bridgehead atoms. The van der Waals surface area contributed by atoms with Crippen LogP contribution in [-0.4, -0.2) is 119 Å². The maximum atomic E-state index is 14.2. The van der Waals surface area contributed by atoms with Crippen LogP contribution in [0, 0.1) is 0 Å². The number of hydrogen-bond acceptors (Lipinski definition) is 12. The minimum absolute atomic E-state index is 0.0554. The third-order valence-electron chi connectivity index (χ3n) is 9.93. The van der Waals surface area contributed by atoms with Gasteiger partial charge < -0.3 is 20.8 Å². The van der Waals surface area contributed by atoms with E-state index in [1.165, 1.54) is 27.7 Å². The summed E-state index contributed by atoms with van der Waals surface area (Å²) < 4.78 is 0. The van der Waals surface area contributed by atoms with Crippen LogP contribution in [0.1, 0.15) is 109 Å². The van der Waals surface area contributed by atoms with Gasteiger partial charge in [-0.15, -0.1) is 0 Å². The molecule has 0 saturated carbocycles. The molecule has 4 rings (SSSR count). The van der Waals surface area contributed by atoms with Crippen LogP contribution in [0.25, 0.3) is 0 Å². The lowest BCUT2D eigenvalue weighted by Crippen LogP contribution is -2.69. The molecule has 4 N–H and O–H groups in total. The van der Waals surface area contributed by atoms with E-state index in [1.54, 1.807) is 55.4 Å². The standard InChI is InChI=1S/C28H48N6O8/c1-21(2)13-27(14-22(3,4)31(21)39)19(37)29(25(9,10)33(27)41)17(35)18(36)30-20(38)28(34(42)26(30,11)12)15-23(5,6)32(40)24(7,8)16-28/h39-42H,13-16H2,1-12H3. The van der Waals surface area contributed by atoms with Gasteiger partial charge in [0.05, 0.1) is 0 Å². The van der Waals surface area contributed by atoms with Gasteiger partial charge in [0.25, 0.3) is 11.8 Å². The van der Waals surface area contributed by atoms with Crippen LogP contribution in [0.2, 0.25) is 0 Å². The van der Waals surface area contributed by atoms with Gasteiger partial charge in [0.1, 0.15) is 22.4 Å². The van der Waals surface area contributed by atoms with Crippen LogP contribution in [0.3, 0.4) is 0 Å². The monoisotopic (exact) mass is 596 g/mol. The molecule has 14 heteroatoms. The summed E-state index contributed by atoms with van der Waals surface area (Å²) in [5.74, 6) is -4.29. The zero-order chi connectivity index (χ0) is 32.6. The van der Waals surface area contributed by atoms with E-state index in [0.29, 0.717) is 9.80 Å². The van der Waals surface area contributed by atoms with Gasteiger partial charge >= 0.3 is 11.8 Å². The molecular weight excluding hydrogens is 548 g/mol. The Morgan fingerprint density at radius 3 is 0.905 bits per heavy atom. The summed E-state index contributed by atoms with van der Waals surface area (Å²) in [6, 6.07) is 0. The molecule has 0 aromatic heterocycles. The molecule has 238 valence electrons. The average molecular weight is 597 g/mol. The molecule has 4 aliphatic heterocycles. The summed E-state index contributed by atoms with van der Waals surface area (Å²) in [6.07, 6.45) is -0.222. The largest absolute Gasteiger partial charge is 0.320 e. The highest BCUT2D eigenvalue weighted by atomic mass is 16.5. The number of hydrogen-bond donors (Lipinski definition) is 4. The molecular formula is C28H48N6O8. The van der Waals surface area contributed by atoms with E-state index in [4.69, 9.17) is 0 Å². The van der Waals surface area contributed by atoms with E-state index in [1.807, 2.05) is 0 Å². The van der Waals surface area contributed by atoms with Crippen LogP contribution in [0.5, 0.6) is 0 Å². The number of amides is 4. The lowest BCUT2D eigenvalue weighted by atomic mass is 9.70. The number of nitrogens with zero attached hydrogens (tertiary/aromatic N) is 6. The first-order chi connectivity index (χ1) is 18.6. The first kappa shape index (κ1) is 32.9. The second-order valence-corrected chi connectivity index (χ2v) is 16.1. The Kier molecular flexibility index (Phi) is 6.87. The molecule has 0 radical (unpaired) electrons. The fourth-order valence-corrected chi connectivity index (χ4v) is 8.73. The lowest BCUT2D eigenvalue weighted by molar-refractivity contribution is -0.296. The molecule has 14 nitrogen and oxygen atoms in total. The SMILES string of the molecule is CC1(C)CC2(CC(C)(C)N1O)C(=O)N(C(=O)C(=O)N1C(=O)C3(CC(C)(C)N(O)C(C)(C)C3)N(O)C1(C)C)C(C)(C)N2O. The molecule has 0 aliphatic carbocycles. The van der Waals surface area contributed by atoms with Crippen molar-refractivity contribution in [3.8, 4) is 0 Å². The molecule has 4 saturated heterocycles. The molecule has 0 aromatic rings. The highest BCUT2D eigenvalue weighted by molar-refractivity contribution is 6.41. The van der Waals surface area contributed by atoms with Gasteiger partial charge in [0, 0.05) is 22.2 Å². The van der Waals surface area contributed by atoms with Crippen molar-refractivity contribution in [1.82, 2.24) is 30.1 Å². The van der Waals surface area contributed by atoms with Gasteiger partial charge in [0.2, 0.25) is 0 Å². The molecule has 4 heterocycles. The summed E-state index contributed by atoms with van der Waals surface area (Å²) in [7, 11) is 0. The molecule has 42 heavy (non-hydrogen) atoms. The Labute approximate surface area is 247 Å². The van der Waals surface area contributed by atoms with E-state index in [2.05, 4.69) is 0 Å². The maximum Gasteiger partial charge on any atom is 0.320 e. The molecule has 2 spiro atoms. The number of piperidine rings is 2. The predicted octanol–water partition coefficient (Wildman–Crippen LogP) is 2.14. The second kappa shape index (κ2) is 8.78. The normalized spacial score (nSPS) is 31.3. The first-order valence-corrected chi connectivity index (χ1v) is 14.3. The second-order valence-electron chi connectivity index (χ2n) is 16.1. The quantitative estimate of drug-likeness (QED) is 0.301. The van der Waals surface area contributed by atoms with Crippen LogP contribution in [0.4, 0.5) is 0 Å². The van der Waals surface area contributed by atoms with Crippen molar-refractivity contribution in [2.45, 2.75) is 153 Å². The van der Waals surface area contributed by atoms with Crippen molar-refractivity contribution in [1.29, 1.82) is 0 Å². The molecule has 0 aromatic carbocycles. The van der Waals surface area contributed by atoms with Crippen LogP contribution in [0.15, 0.2) is 0 Å². The number of imide groups is 2. The minimum atomic E-state index is -1.69. The van der Waals surface area contributed by atoms with E-state index < -0.39 is 68.2 Å². The van der Waals surface area contributed by atoms with Gasteiger partial charge in [-0.1, -0.05) is 0 Å². The zero-order valence-electron chi connectivity index (χ0n) is 26.9. The topological polar surface area (TPSA) is 169 Å². The van der Waals surface area contributed by atoms with E-state index in [0.717, 1.165) is 20.3 Å². The molecule has 0 atom stereocenters. The van der Waals surface area contributed by atoms with Crippen LogP contribution < -0.4 is 0 Å². The fourth-order valence-electron chi connectivity index (χ4n) is 8.73. The number of hydroxylamine groups is 8. The Hall–Kier alpha value is -2.04. The van der Waals surface area contributed by atoms with E-state index >= 15 is 0 Å². The highest BCUT2D eigenvalue weighted by Gasteiger charge is 2.72. The zero-order valence-corrected chi connectivity index (χ0v) is 26.9. The van der Waals surface area contributed by atoms with Gasteiger partial charge in [0.15, 0.2) is 0 Å². The van der Waals surface area contributed by atoms with E-state index in [9.17, 15) is 40.0 Å². The third kappa shape index (κ3) is 3.99. The molecule has 4 fully saturated rings. The summed E-state index contributed by atoms with van der Waals surface area (Å²) in [6.45, 7) is 19.4. The van der Waals surface area contributed by atoms with Crippen molar-refractivity contribution >= 4 is 23.6 Å². The minimum Gasteiger partial charge on any atom is -0.313 e. The molecule has 0 unspecified atom stereocenters. The van der Waals surface area contributed by atoms with Crippen LogP contribution >= 0.6 is 0 Å². The summed E-state index contributed by atoms with van der Waals surface area (Å²) >= 11 is 0. The summed E-state index contributed by atoms with van der Waals surface area (Å²) in [5.41, 5.74) is -10.6. The Bertz CT molecular complexity index is 1110. The Morgan fingerprint density at radius 1 is 0.476 bits per heavy atom. The average Bonchev–Trinajstić information content (AvgIpc) is 3.04. The van der Waals surface area contributed by atoms with Gasteiger partial charge in [-0.05, 0) is 109 Å². The lowest BCUT2D eigenvalue weighted by Gasteiger charge is -2.55. The Morgan fingerprint density at radius 2 is 0.690 bits per heavy atom. The molecule has 4 amide bonds.